The van der Waals surface area contributed by atoms with Crippen molar-refractivity contribution in [2.75, 3.05) is 19.6 Å². The summed E-state index contributed by atoms with van der Waals surface area (Å²) in [5, 5.41) is 15.9. The number of β-amino-alcohol motifs (C(OH)–C–C–N with tert-alkyl or cyclic N) is 1. The molecular formula is C18H21ClN2O2S. The lowest BCUT2D eigenvalue weighted by atomic mass is 9.91. The monoisotopic (exact) mass is 364 g/mol. The molecule has 0 saturated carbocycles. The molecule has 0 radical (unpaired) electrons. The quantitative estimate of drug-likeness (QED) is 0.782. The molecule has 6 heteroatoms. The van der Waals surface area contributed by atoms with Gasteiger partial charge in [0.2, 0.25) is 0 Å². The maximum Gasteiger partial charge on any atom is 0.261 e. The van der Waals surface area contributed by atoms with Crippen LogP contribution in [0.15, 0.2) is 30.3 Å². The Morgan fingerprint density at radius 2 is 2.04 bits per heavy atom. The normalized spacial score (nSPS) is 21.5. The summed E-state index contributed by atoms with van der Waals surface area (Å²) in [5.41, 5.74) is 3.92. The molecule has 2 aliphatic rings. The Morgan fingerprint density at radius 3 is 2.83 bits per heavy atom. The van der Waals surface area contributed by atoms with Crippen molar-refractivity contribution >= 4 is 29.7 Å². The Hall–Kier alpha value is -1.40. The maximum absolute atomic E-state index is 12.4. The number of hydrogen-bond acceptors (Lipinski definition) is 4. The number of carbonyl (C=O) groups is 1. The standard InChI is InChI=1S/C18H20N2O2S.ClH/c21-15-10-19-8-13(15)9-20-18(22)16-7-12-6-5-11-3-1-2-4-14(11)17(12)23-16;/h1-4,7,13,15,19,21H,5-6,8-10H2,(H,20,22);1H. The third-order valence-corrected chi connectivity index (χ3v) is 6.00. The molecule has 1 saturated heterocycles. The van der Waals surface area contributed by atoms with Crippen LogP contribution in [0.1, 0.15) is 20.8 Å². The van der Waals surface area contributed by atoms with Crippen LogP contribution in [-0.2, 0) is 12.8 Å². The number of benzene rings is 1. The molecule has 4 nitrogen and oxygen atoms in total. The summed E-state index contributed by atoms with van der Waals surface area (Å²) in [6.45, 7) is 1.90. The van der Waals surface area contributed by atoms with Crippen molar-refractivity contribution in [1.29, 1.82) is 0 Å². The summed E-state index contributed by atoms with van der Waals surface area (Å²) in [4.78, 5) is 14.4. The van der Waals surface area contributed by atoms with Crippen molar-refractivity contribution in [3.05, 3.63) is 46.3 Å². The molecular weight excluding hydrogens is 344 g/mol. The van der Waals surface area contributed by atoms with Gasteiger partial charge in [-0.2, -0.15) is 0 Å². The van der Waals surface area contributed by atoms with E-state index in [9.17, 15) is 9.90 Å². The van der Waals surface area contributed by atoms with Gasteiger partial charge in [0.15, 0.2) is 0 Å². The topological polar surface area (TPSA) is 61.4 Å². The van der Waals surface area contributed by atoms with Gasteiger partial charge < -0.3 is 15.7 Å². The number of fused-ring (bicyclic) bond motifs is 3. The molecule has 2 atom stereocenters. The number of halogens is 1. The number of thiophene rings is 1. The van der Waals surface area contributed by atoms with E-state index >= 15 is 0 Å². The van der Waals surface area contributed by atoms with Crippen LogP contribution in [0.2, 0.25) is 0 Å². The largest absolute Gasteiger partial charge is 0.391 e. The number of amides is 1. The Kier molecular flexibility index (Phi) is 5.25. The second kappa shape index (κ2) is 7.23. The van der Waals surface area contributed by atoms with Crippen LogP contribution in [0.4, 0.5) is 0 Å². The van der Waals surface area contributed by atoms with Crippen molar-refractivity contribution in [1.82, 2.24) is 10.6 Å². The first-order valence-corrected chi connectivity index (χ1v) is 8.92. The zero-order chi connectivity index (χ0) is 15.8. The number of rotatable bonds is 3. The SMILES string of the molecule is Cl.O=C(NCC1CNCC1O)c1cc2c(s1)-c1ccccc1CC2. The molecule has 128 valence electrons. The number of nitrogens with one attached hydrogen (secondary N) is 2. The van der Waals surface area contributed by atoms with E-state index in [2.05, 4.69) is 34.9 Å². The number of hydrogen-bond donors (Lipinski definition) is 3. The molecule has 1 fully saturated rings. The summed E-state index contributed by atoms with van der Waals surface area (Å²) in [5.74, 6) is 0.0789. The average Bonchev–Trinajstić information content (AvgIpc) is 3.18. The smallest absolute Gasteiger partial charge is 0.261 e. The molecule has 1 aliphatic carbocycles. The van der Waals surface area contributed by atoms with E-state index in [0.29, 0.717) is 13.1 Å². The fourth-order valence-corrected chi connectivity index (χ4v) is 4.61. The van der Waals surface area contributed by atoms with Crippen molar-refractivity contribution < 1.29 is 9.90 Å². The number of aliphatic hydroxyl groups excluding tert-OH is 1. The Morgan fingerprint density at radius 1 is 1.25 bits per heavy atom. The first-order valence-electron chi connectivity index (χ1n) is 8.10. The van der Waals surface area contributed by atoms with E-state index in [1.54, 1.807) is 11.3 Å². The minimum atomic E-state index is -0.362. The lowest BCUT2D eigenvalue weighted by molar-refractivity contribution is 0.0931. The molecule has 1 amide bonds. The van der Waals surface area contributed by atoms with Gasteiger partial charge in [0.25, 0.3) is 5.91 Å². The molecule has 4 rings (SSSR count). The summed E-state index contributed by atoms with van der Waals surface area (Å²) < 4.78 is 0. The van der Waals surface area contributed by atoms with E-state index in [0.717, 1.165) is 24.3 Å². The zero-order valence-electron chi connectivity index (χ0n) is 13.2. The predicted octanol–water partition coefficient (Wildman–Crippen LogP) is 2.25. The first kappa shape index (κ1) is 17.4. The second-order valence-electron chi connectivity index (χ2n) is 6.32. The third-order valence-electron chi connectivity index (χ3n) is 4.79. The van der Waals surface area contributed by atoms with Crippen molar-refractivity contribution in [2.24, 2.45) is 5.92 Å². The van der Waals surface area contributed by atoms with Crippen LogP contribution in [0.5, 0.6) is 0 Å². The predicted molar refractivity (Wildman–Crippen MR) is 99.1 cm³/mol. The highest BCUT2D eigenvalue weighted by atomic mass is 35.5. The number of carbonyl (C=O) groups excluding carboxylic acids is 1. The van der Waals surface area contributed by atoms with Crippen LogP contribution in [0.3, 0.4) is 0 Å². The van der Waals surface area contributed by atoms with Crippen LogP contribution >= 0.6 is 23.7 Å². The molecule has 2 aromatic rings. The van der Waals surface area contributed by atoms with Crippen LogP contribution in [-0.4, -0.2) is 36.8 Å². The van der Waals surface area contributed by atoms with Crippen molar-refractivity contribution in [2.45, 2.75) is 18.9 Å². The molecule has 0 spiro atoms. The Labute approximate surface area is 151 Å². The van der Waals surface area contributed by atoms with Crippen LogP contribution in [0, 0.1) is 5.92 Å². The average molecular weight is 365 g/mol. The molecule has 2 heterocycles. The van der Waals surface area contributed by atoms with Gasteiger partial charge in [0.1, 0.15) is 0 Å². The Bertz CT molecular complexity index is 746. The fourth-order valence-electron chi connectivity index (χ4n) is 3.42. The van der Waals surface area contributed by atoms with Gasteiger partial charge in [0, 0.05) is 30.4 Å². The summed E-state index contributed by atoms with van der Waals surface area (Å²) >= 11 is 1.58. The van der Waals surface area contributed by atoms with Gasteiger partial charge in [0.05, 0.1) is 11.0 Å². The minimum absolute atomic E-state index is 0. The zero-order valence-corrected chi connectivity index (χ0v) is 14.9. The molecule has 24 heavy (non-hydrogen) atoms. The van der Waals surface area contributed by atoms with Crippen molar-refractivity contribution in [3.8, 4) is 10.4 Å². The lowest BCUT2D eigenvalue weighted by Gasteiger charge is -2.15. The highest BCUT2D eigenvalue weighted by molar-refractivity contribution is 7.17. The van der Waals surface area contributed by atoms with Gasteiger partial charge in [-0.3, -0.25) is 4.79 Å². The van der Waals surface area contributed by atoms with Gasteiger partial charge >= 0.3 is 0 Å². The van der Waals surface area contributed by atoms with Crippen LogP contribution < -0.4 is 10.6 Å². The molecule has 1 aromatic heterocycles. The van der Waals surface area contributed by atoms with E-state index < -0.39 is 0 Å². The highest BCUT2D eigenvalue weighted by Gasteiger charge is 2.26. The van der Waals surface area contributed by atoms with E-state index in [-0.39, 0.29) is 30.3 Å². The van der Waals surface area contributed by atoms with Crippen molar-refractivity contribution in [3.63, 3.8) is 0 Å². The first-order chi connectivity index (χ1) is 11.2. The number of aliphatic hydroxyl groups is 1. The molecule has 0 bridgehead atoms. The van der Waals surface area contributed by atoms with Crippen LogP contribution in [0.25, 0.3) is 10.4 Å². The fraction of sp³-hybridized carbons (Fsp3) is 0.389. The molecule has 2 unspecified atom stereocenters. The van der Waals surface area contributed by atoms with E-state index in [4.69, 9.17) is 0 Å². The summed E-state index contributed by atoms with van der Waals surface area (Å²) in [6, 6.07) is 10.5. The summed E-state index contributed by atoms with van der Waals surface area (Å²) in [6.07, 6.45) is 1.68. The third kappa shape index (κ3) is 3.22. The lowest BCUT2D eigenvalue weighted by Crippen LogP contribution is -2.34. The van der Waals surface area contributed by atoms with Gasteiger partial charge in [-0.05, 0) is 35.6 Å². The number of aryl methyl sites for hydroxylation is 2. The maximum atomic E-state index is 12.4. The van der Waals surface area contributed by atoms with Gasteiger partial charge in [-0.25, -0.2) is 0 Å². The molecule has 3 N–H and O–H groups in total. The molecule has 1 aromatic carbocycles. The van der Waals surface area contributed by atoms with Gasteiger partial charge in [-0.1, -0.05) is 24.3 Å². The summed E-state index contributed by atoms with van der Waals surface area (Å²) in [7, 11) is 0. The Balaban J connectivity index is 0.00000169. The van der Waals surface area contributed by atoms with E-state index in [1.807, 2.05) is 6.07 Å². The van der Waals surface area contributed by atoms with Gasteiger partial charge in [-0.15, -0.1) is 23.7 Å². The minimum Gasteiger partial charge on any atom is -0.391 e. The molecule has 1 aliphatic heterocycles. The highest BCUT2D eigenvalue weighted by Crippen LogP contribution is 2.39. The second-order valence-corrected chi connectivity index (χ2v) is 7.37. The van der Waals surface area contributed by atoms with E-state index in [1.165, 1.54) is 21.6 Å².